The van der Waals surface area contributed by atoms with Crippen molar-refractivity contribution in [3.63, 3.8) is 0 Å². The number of ether oxygens (including phenoxy) is 1. The lowest BCUT2D eigenvalue weighted by Gasteiger charge is -2.14. The number of amides is 1. The lowest BCUT2D eigenvalue weighted by Crippen LogP contribution is -2.10. The van der Waals surface area contributed by atoms with Gasteiger partial charge in [-0.25, -0.2) is 4.98 Å². The van der Waals surface area contributed by atoms with Crippen molar-refractivity contribution in [3.05, 3.63) is 72.3 Å². The Bertz CT molecular complexity index is 1150. The van der Waals surface area contributed by atoms with Gasteiger partial charge in [-0.05, 0) is 54.6 Å². The van der Waals surface area contributed by atoms with Crippen molar-refractivity contribution in [2.24, 2.45) is 5.73 Å². The van der Waals surface area contributed by atoms with Crippen molar-refractivity contribution in [3.8, 4) is 22.9 Å². The van der Waals surface area contributed by atoms with Gasteiger partial charge in [-0.15, -0.1) is 0 Å². The maximum absolute atomic E-state index is 11.3. The Kier molecular flexibility index (Phi) is 4.45. The molecule has 0 fully saturated rings. The number of hydrogen-bond donors (Lipinski definition) is 2. The molecule has 6 heteroatoms. The van der Waals surface area contributed by atoms with E-state index in [1.165, 1.54) is 0 Å². The molecule has 1 heterocycles. The van der Waals surface area contributed by atoms with Crippen molar-refractivity contribution < 1.29 is 9.53 Å². The summed E-state index contributed by atoms with van der Waals surface area (Å²) >= 11 is 0. The maximum Gasteiger partial charge on any atom is 0.248 e. The highest BCUT2D eigenvalue weighted by Gasteiger charge is 2.09. The van der Waals surface area contributed by atoms with E-state index in [1.807, 2.05) is 67.5 Å². The third kappa shape index (κ3) is 3.53. The summed E-state index contributed by atoms with van der Waals surface area (Å²) < 4.78 is 5.95. The van der Waals surface area contributed by atoms with Gasteiger partial charge in [-0.3, -0.25) is 4.79 Å². The molecule has 0 aliphatic carbocycles. The first kappa shape index (κ1) is 17.6. The second-order valence-corrected chi connectivity index (χ2v) is 6.70. The molecule has 3 aromatic carbocycles. The topological polar surface area (TPSA) is 84.2 Å². The number of carbonyl (C=O) groups is 1. The number of hydrogen-bond acceptors (Lipinski definition) is 4. The predicted octanol–water partition coefficient (Wildman–Crippen LogP) is 4.19. The van der Waals surface area contributed by atoms with Crippen LogP contribution in [0.4, 0.5) is 5.69 Å². The second kappa shape index (κ2) is 7.08. The van der Waals surface area contributed by atoms with E-state index in [-0.39, 0.29) is 0 Å². The van der Waals surface area contributed by atoms with Crippen LogP contribution in [0.5, 0.6) is 11.5 Å². The molecule has 6 nitrogen and oxygen atoms in total. The Balaban J connectivity index is 1.57. The summed E-state index contributed by atoms with van der Waals surface area (Å²) in [7, 11) is 3.99. The molecule has 140 valence electrons. The number of aromatic nitrogens is 2. The molecule has 0 saturated heterocycles. The van der Waals surface area contributed by atoms with E-state index in [0.717, 1.165) is 39.6 Å². The largest absolute Gasteiger partial charge is 0.457 e. The van der Waals surface area contributed by atoms with Crippen LogP contribution in [0.3, 0.4) is 0 Å². The SMILES string of the molecule is CN(C)c1cccc(Oc2ccc(-c3nc4ccc(C(N)=O)cc4[nH]3)cc2)c1. The highest BCUT2D eigenvalue weighted by molar-refractivity contribution is 5.96. The van der Waals surface area contributed by atoms with Crippen molar-refractivity contribution in [1.82, 2.24) is 9.97 Å². The van der Waals surface area contributed by atoms with Gasteiger partial charge in [-0.2, -0.15) is 0 Å². The fourth-order valence-corrected chi connectivity index (χ4v) is 2.94. The predicted molar refractivity (Wildman–Crippen MR) is 111 cm³/mol. The van der Waals surface area contributed by atoms with Crippen LogP contribution in [0.25, 0.3) is 22.4 Å². The summed E-state index contributed by atoms with van der Waals surface area (Å²) in [5, 5.41) is 0. The van der Waals surface area contributed by atoms with Gasteiger partial charge in [0.1, 0.15) is 17.3 Å². The molecule has 0 spiro atoms. The first-order valence-electron chi connectivity index (χ1n) is 8.85. The number of carbonyl (C=O) groups excluding carboxylic acids is 1. The summed E-state index contributed by atoms with van der Waals surface area (Å²) in [6.45, 7) is 0. The van der Waals surface area contributed by atoms with E-state index in [9.17, 15) is 4.79 Å². The Morgan fingerprint density at radius 1 is 1.00 bits per heavy atom. The smallest absolute Gasteiger partial charge is 0.248 e. The number of benzene rings is 3. The highest BCUT2D eigenvalue weighted by atomic mass is 16.5. The molecule has 0 atom stereocenters. The Hall–Kier alpha value is -3.80. The molecular formula is C22H20N4O2. The second-order valence-electron chi connectivity index (χ2n) is 6.70. The molecule has 0 bridgehead atoms. The average Bonchev–Trinajstić information content (AvgIpc) is 3.12. The van der Waals surface area contributed by atoms with Crippen LogP contribution in [-0.2, 0) is 0 Å². The van der Waals surface area contributed by atoms with E-state index < -0.39 is 5.91 Å². The van der Waals surface area contributed by atoms with Crippen LogP contribution in [-0.4, -0.2) is 30.0 Å². The van der Waals surface area contributed by atoms with Crippen molar-refractivity contribution in [2.75, 3.05) is 19.0 Å². The van der Waals surface area contributed by atoms with Gasteiger partial charge in [0, 0.05) is 37.0 Å². The molecule has 0 aliphatic heterocycles. The van der Waals surface area contributed by atoms with Crippen LogP contribution < -0.4 is 15.4 Å². The molecule has 3 N–H and O–H groups in total. The van der Waals surface area contributed by atoms with Gasteiger partial charge in [0.25, 0.3) is 0 Å². The summed E-state index contributed by atoms with van der Waals surface area (Å²) in [5.41, 5.74) is 9.34. The number of nitrogens with zero attached hydrogens (tertiary/aromatic N) is 2. The summed E-state index contributed by atoms with van der Waals surface area (Å²) in [6.07, 6.45) is 0. The number of aromatic amines is 1. The molecule has 4 rings (SSSR count). The number of imidazole rings is 1. The lowest BCUT2D eigenvalue weighted by molar-refractivity contribution is 0.100. The van der Waals surface area contributed by atoms with E-state index in [4.69, 9.17) is 10.5 Å². The van der Waals surface area contributed by atoms with E-state index in [2.05, 4.69) is 9.97 Å². The van der Waals surface area contributed by atoms with Gasteiger partial charge >= 0.3 is 0 Å². The normalized spacial score (nSPS) is 10.8. The molecule has 1 amide bonds. The van der Waals surface area contributed by atoms with E-state index in [1.54, 1.807) is 18.2 Å². The van der Waals surface area contributed by atoms with Gasteiger partial charge in [-0.1, -0.05) is 6.07 Å². The first-order chi connectivity index (χ1) is 13.5. The fourth-order valence-electron chi connectivity index (χ4n) is 2.94. The maximum atomic E-state index is 11.3. The molecule has 0 aliphatic rings. The van der Waals surface area contributed by atoms with Gasteiger partial charge in [0.2, 0.25) is 5.91 Å². The number of fused-ring (bicyclic) bond motifs is 1. The van der Waals surface area contributed by atoms with Crippen LogP contribution in [0, 0.1) is 0 Å². The van der Waals surface area contributed by atoms with Crippen LogP contribution in [0.15, 0.2) is 66.7 Å². The Morgan fingerprint density at radius 3 is 2.50 bits per heavy atom. The summed E-state index contributed by atoms with van der Waals surface area (Å²) in [6, 6.07) is 20.8. The average molecular weight is 372 g/mol. The first-order valence-corrected chi connectivity index (χ1v) is 8.85. The third-order valence-corrected chi connectivity index (χ3v) is 4.46. The van der Waals surface area contributed by atoms with Crippen LogP contribution in [0.1, 0.15) is 10.4 Å². The number of H-pyrrole nitrogens is 1. The zero-order chi connectivity index (χ0) is 19.7. The fraction of sp³-hybridized carbons (Fsp3) is 0.0909. The number of nitrogens with two attached hydrogens (primary N) is 1. The van der Waals surface area contributed by atoms with Gasteiger partial charge in [0.05, 0.1) is 11.0 Å². The van der Waals surface area contributed by atoms with E-state index in [0.29, 0.717) is 5.56 Å². The van der Waals surface area contributed by atoms with E-state index >= 15 is 0 Å². The zero-order valence-electron chi connectivity index (χ0n) is 15.6. The molecule has 4 aromatic rings. The molecular weight excluding hydrogens is 352 g/mol. The van der Waals surface area contributed by atoms with Gasteiger partial charge < -0.3 is 20.4 Å². The van der Waals surface area contributed by atoms with Crippen molar-refractivity contribution >= 4 is 22.6 Å². The highest BCUT2D eigenvalue weighted by Crippen LogP contribution is 2.28. The van der Waals surface area contributed by atoms with Crippen LogP contribution >= 0.6 is 0 Å². The minimum atomic E-state index is -0.460. The molecule has 0 unspecified atom stereocenters. The number of primary amides is 1. The minimum Gasteiger partial charge on any atom is -0.457 e. The summed E-state index contributed by atoms with van der Waals surface area (Å²) in [5.74, 6) is 1.78. The quantitative estimate of drug-likeness (QED) is 0.550. The molecule has 0 radical (unpaired) electrons. The standard InChI is InChI=1S/C22H20N4O2/c1-26(2)16-4-3-5-18(13-16)28-17-9-6-14(7-10-17)22-24-19-11-8-15(21(23)27)12-20(19)25-22/h3-13H,1-2H3,(H2,23,27)(H,24,25). The third-order valence-electron chi connectivity index (χ3n) is 4.46. The number of rotatable bonds is 5. The molecule has 28 heavy (non-hydrogen) atoms. The van der Waals surface area contributed by atoms with Crippen molar-refractivity contribution in [1.29, 1.82) is 0 Å². The van der Waals surface area contributed by atoms with Crippen LogP contribution in [0.2, 0.25) is 0 Å². The van der Waals surface area contributed by atoms with Crippen molar-refractivity contribution in [2.45, 2.75) is 0 Å². The lowest BCUT2D eigenvalue weighted by atomic mass is 10.2. The Morgan fingerprint density at radius 2 is 1.79 bits per heavy atom. The monoisotopic (exact) mass is 372 g/mol. The molecule has 0 saturated carbocycles. The summed E-state index contributed by atoms with van der Waals surface area (Å²) in [4.78, 5) is 21.2. The Labute approximate surface area is 162 Å². The zero-order valence-corrected chi connectivity index (χ0v) is 15.6. The molecule has 1 aromatic heterocycles. The van der Waals surface area contributed by atoms with Gasteiger partial charge in [0.15, 0.2) is 0 Å². The number of anilines is 1. The number of nitrogens with one attached hydrogen (secondary N) is 1. The minimum absolute atomic E-state index is 0.450.